The maximum Gasteiger partial charge on any atom is 0.274 e. The van der Waals surface area contributed by atoms with Crippen LogP contribution in [0.2, 0.25) is 0 Å². The first-order chi connectivity index (χ1) is 8.36. The molecule has 0 aromatic heterocycles. The molecule has 1 amide bonds. The van der Waals surface area contributed by atoms with Crippen LogP contribution in [-0.2, 0) is 14.9 Å². The standard InChI is InChI=1S/C11H16N2O4S/c1-8(2)13-18(15,16)10-6-4-5-9(7-10)11(14)12-17-3/h4-8,13H,1-3H3,(H,12,14). The zero-order valence-corrected chi connectivity index (χ0v) is 11.2. The van der Waals surface area contributed by atoms with E-state index in [9.17, 15) is 13.2 Å². The quantitative estimate of drug-likeness (QED) is 0.771. The average Bonchev–Trinajstić information content (AvgIpc) is 2.28. The fraction of sp³-hybridized carbons (Fsp3) is 0.364. The molecule has 0 heterocycles. The van der Waals surface area contributed by atoms with Crippen molar-refractivity contribution in [2.45, 2.75) is 24.8 Å². The van der Waals surface area contributed by atoms with Crippen molar-refractivity contribution in [3.8, 4) is 0 Å². The van der Waals surface area contributed by atoms with Crippen LogP contribution in [-0.4, -0.2) is 27.5 Å². The summed E-state index contributed by atoms with van der Waals surface area (Å²) in [6, 6.07) is 5.50. The van der Waals surface area contributed by atoms with E-state index in [0.717, 1.165) is 0 Å². The summed E-state index contributed by atoms with van der Waals surface area (Å²) >= 11 is 0. The molecule has 0 saturated carbocycles. The van der Waals surface area contributed by atoms with E-state index in [2.05, 4.69) is 15.0 Å². The highest BCUT2D eigenvalue weighted by Gasteiger charge is 2.17. The van der Waals surface area contributed by atoms with Gasteiger partial charge in [0.2, 0.25) is 10.0 Å². The van der Waals surface area contributed by atoms with Gasteiger partial charge in [-0.3, -0.25) is 9.63 Å². The Bertz CT molecular complexity index is 526. The monoisotopic (exact) mass is 272 g/mol. The summed E-state index contributed by atoms with van der Waals surface area (Å²) in [5, 5.41) is 0. The van der Waals surface area contributed by atoms with Crippen LogP contribution in [0.5, 0.6) is 0 Å². The van der Waals surface area contributed by atoms with Gasteiger partial charge in [0.05, 0.1) is 12.0 Å². The molecule has 0 aliphatic rings. The van der Waals surface area contributed by atoms with E-state index in [0.29, 0.717) is 0 Å². The van der Waals surface area contributed by atoms with Crippen LogP contribution >= 0.6 is 0 Å². The highest BCUT2D eigenvalue weighted by atomic mass is 32.2. The van der Waals surface area contributed by atoms with Gasteiger partial charge in [0.25, 0.3) is 5.91 Å². The molecule has 0 unspecified atom stereocenters. The summed E-state index contributed by atoms with van der Waals surface area (Å²) in [6.45, 7) is 3.44. The van der Waals surface area contributed by atoms with E-state index in [1.54, 1.807) is 13.8 Å². The van der Waals surface area contributed by atoms with Gasteiger partial charge in [-0.15, -0.1) is 0 Å². The minimum atomic E-state index is -3.60. The van der Waals surface area contributed by atoms with E-state index in [1.807, 2.05) is 0 Å². The lowest BCUT2D eigenvalue weighted by atomic mass is 10.2. The van der Waals surface area contributed by atoms with Gasteiger partial charge in [0.1, 0.15) is 0 Å². The Hall–Kier alpha value is -1.44. The third-order valence-electron chi connectivity index (χ3n) is 1.99. The summed E-state index contributed by atoms with van der Waals surface area (Å²) in [6.07, 6.45) is 0. The van der Waals surface area contributed by atoms with Crippen molar-refractivity contribution in [1.82, 2.24) is 10.2 Å². The molecule has 0 fully saturated rings. The molecule has 100 valence electrons. The number of hydrogen-bond acceptors (Lipinski definition) is 4. The number of carbonyl (C=O) groups excluding carboxylic acids is 1. The van der Waals surface area contributed by atoms with Crippen LogP contribution in [0.3, 0.4) is 0 Å². The first-order valence-electron chi connectivity index (χ1n) is 5.32. The van der Waals surface area contributed by atoms with Gasteiger partial charge in [-0.1, -0.05) is 6.07 Å². The minimum Gasteiger partial charge on any atom is -0.277 e. The summed E-state index contributed by atoms with van der Waals surface area (Å²) < 4.78 is 26.2. The lowest BCUT2D eigenvalue weighted by Crippen LogP contribution is -2.30. The molecule has 0 spiro atoms. The van der Waals surface area contributed by atoms with E-state index in [-0.39, 0.29) is 16.5 Å². The van der Waals surface area contributed by atoms with Gasteiger partial charge in [-0.05, 0) is 32.0 Å². The fourth-order valence-electron chi connectivity index (χ4n) is 1.33. The van der Waals surface area contributed by atoms with Crippen molar-refractivity contribution in [3.63, 3.8) is 0 Å². The predicted octanol–water partition coefficient (Wildman–Crippen LogP) is 0.665. The Labute approximate surface area is 106 Å². The van der Waals surface area contributed by atoms with Crippen molar-refractivity contribution in [3.05, 3.63) is 29.8 Å². The molecule has 7 heteroatoms. The smallest absolute Gasteiger partial charge is 0.274 e. The lowest BCUT2D eigenvalue weighted by molar-refractivity contribution is 0.0537. The Balaban J connectivity index is 3.05. The third kappa shape index (κ3) is 3.80. The molecule has 1 aromatic rings. The molecule has 0 saturated heterocycles. The van der Waals surface area contributed by atoms with Gasteiger partial charge < -0.3 is 0 Å². The summed E-state index contributed by atoms with van der Waals surface area (Å²) in [4.78, 5) is 16.0. The van der Waals surface area contributed by atoms with Gasteiger partial charge >= 0.3 is 0 Å². The average molecular weight is 272 g/mol. The molecule has 0 aliphatic heterocycles. The maximum atomic E-state index is 11.9. The summed E-state index contributed by atoms with van der Waals surface area (Å²) in [5.74, 6) is -0.501. The van der Waals surface area contributed by atoms with Crippen LogP contribution < -0.4 is 10.2 Å². The molecular weight excluding hydrogens is 256 g/mol. The Kier molecular flexibility index (Phi) is 4.83. The number of carbonyl (C=O) groups is 1. The number of rotatable bonds is 5. The molecule has 0 radical (unpaired) electrons. The van der Waals surface area contributed by atoms with Crippen molar-refractivity contribution >= 4 is 15.9 Å². The van der Waals surface area contributed by atoms with Gasteiger partial charge in [-0.2, -0.15) is 0 Å². The molecule has 0 bridgehead atoms. The number of hydroxylamine groups is 1. The Morgan fingerprint density at radius 1 is 1.33 bits per heavy atom. The van der Waals surface area contributed by atoms with E-state index >= 15 is 0 Å². The molecule has 1 aromatic carbocycles. The highest BCUT2D eigenvalue weighted by Crippen LogP contribution is 2.12. The SMILES string of the molecule is CONC(=O)c1cccc(S(=O)(=O)NC(C)C)c1. The number of benzene rings is 1. The Morgan fingerprint density at radius 2 is 2.00 bits per heavy atom. The molecule has 2 N–H and O–H groups in total. The van der Waals surface area contributed by atoms with E-state index < -0.39 is 15.9 Å². The van der Waals surface area contributed by atoms with Crippen molar-refractivity contribution in [2.24, 2.45) is 0 Å². The van der Waals surface area contributed by atoms with Crippen LogP contribution in [0.15, 0.2) is 29.2 Å². The predicted molar refractivity (Wildman–Crippen MR) is 66.4 cm³/mol. The zero-order valence-electron chi connectivity index (χ0n) is 10.4. The minimum absolute atomic E-state index is 0.0416. The van der Waals surface area contributed by atoms with Crippen LogP contribution in [0.1, 0.15) is 24.2 Å². The second-order valence-corrected chi connectivity index (χ2v) is 5.65. The fourth-order valence-corrected chi connectivity index (χ4v) is 2.63. The summed E-state index contributed by atoms with van der Waals surface area (Å²) in [5.41, 5.74) is 2.34. The van der Waals surface area contributed by atoms with Crippen molar-refractivity contribution in [1.29, 1.82) is 0 Å². The maximum absolute atomic E-state index is 11.9. The molecule has 0 aliphatic carbocycles. The van der Waals surface area contributed by atoms with Crippen LogP contribution in [0.25, 0.3) is 0 Å². The van der Waals surface area contributed by atoms with Gasteiger partial charge in [0, 0.05) is 11.6 Å². The topological polar surface area (TPSA) is 84.5 Å². The molecule has 0 atom stereocenters. The van der Waals surface area contributed by atoms with E-state index in [1.165, 1.54) is 31.4 Å². The second kappa shape index (κ2) is 5.94. The molecule has 6 nitrogen and oxygen atoms in total. The third-order valence-corrected chi connectivity index (χ3v) is 3.65. The molecule has 18 heavy (non-hydrogen) atoms. The number of nitrogens with one attached hydrogen (secondary N) is 2. The molecular formula is C11H16N2O4S. The normalized spacial score (nSPS) is 11.6. The van der Waals surface area contributed by atoms with Gasteiger partial charge in [0.15, 0.2) is 0 Å². The number of hydrogen-bond donors (Lipinski definition) is 2. The largest absolute Gasteiger partial charge is 0.277 e. The lowest BCUT2D eigenvalue weighted by Gasteiger charge is -2.10. The first-order valence-corrected chi connectivity index (χ1v) is 6.81. The Morgan fingerprint density at radius 3 is 2.56 bits per heavy atom. The number of amides is 1. The number of sulfonamides is 1. The summed E-state index contributed by atoms with van der Waals surface area (Å²) in [7, 11) is -2.30. The van der Waals surface area contributed by atoms with E-state index in [4.69, 9.17) is 0 Å². The second-order valence-electron chi connectivity index (χ2n) is 3.94. The van der Waals surface area contributed by atoms with Gasteiger partial charge in [-0.25, -0.2) is 18.6 Å². The highest BCUT2D eigenvalue weighted by molar-refractivity contribution is 7.89. The van der Waals surface area contributed by atoms with Crippen LogP contribution in [0, 0.1) is 0 Å². The van der Waals surface area contributed by atoms with Crippen molar-refractivity contribution < 1.29 is 18.0 Å². The van der Waals surface area contributed by atoms with Crippen molar-refractivity contribution in [2.75, 3.05) is 7.11 Å². The zero-order chi connectivity index (χ0) is 13.8. The molecule has 1 rings (SSSR count). The first kappa shape index (κ1) is 14.6. The van der Waals surface area contributed by atoms with Crippen LogP contribution in [0.4, 0.5) is 0 Å².